The van der Waals surface area contributed by atoms with E-state index in [0.717, 1.165) is 21.1 Å². The lowest BCUT2D eigenvalue weighted by Crippen LogP contribution is -2.39. The van der Waals surface area contributed by atoms with Gasteiger partial charge in [0, 0.05) is 19.8 Å². The number of sulfonamides is 1. The molecule has 2 aromatic carbocycles. The zero-order chi connectivity index (χ0) is 19.5. The fraction of sp³-hybridized carbons (Fsp3) is 0.263. The maximum Gasteiger partial charge on any atom is 0.243 e. The molecule has 0 aromatic heterocycles. The van der Waals surface area contributed by atoms with Crippen LogP contribution in [0.1, 0.15) is 16.7 Å². The molecule has 2 aromatic rings. The van der Waals surface area contributed by atoms with Crippen molar-refractivity contribution >= 4 is 21.6 Å². The molecule has 0 heterocycles. The zero-order valence-corrected chi connectivity index (χ0v) is 16.0. The summed E-state index contributed by atoms with van der Waals surface area (Å²) in [7, 11) is -0.822. The van der Waals surface area contributed by atoms with Crippen LogP contribution in [0.15, 0.2) is 47.4 Å². The minimum absolute atomic E-state index is 0.0428. The van der Waals surface area contributed by atoms with E-state index in [0.29, 0.717) is 5.56 Å². The van der Waals surface area contributed by atoms with Crippen molar-refractivity contribution in [3.8, 4) is 6.07 Å². The van der Waals surface area contributed by atoms with E-state index >= 15 is 0 Å². The summed E-state index contributed by atoms with van der Waals surface area (Å²) in [6.07, 6.45) is 0. The van der Waals surface area contributed by atoms with Crippen LogP contribution in [0.25, 0.3) is 0 Å². The molecule has 26 heavy (non-hydrogen) atoms. The van der Waals surface area contributed by atoms with Gasteiger partial charge in [0.05, 0.1) is 23.1 Å². The summed E-state index contributed by atoms with van der Waals surface area (Å²) in [5.41, 5.74) is 3.07. The van der Waals surface area contributed by atoms with Gasteiger partial charge in [-0.25, -0.2) is 8.42 Å². The summed E-state index contributed by atoms with van der Waals surface area (Å²) in [5.74, 6) is -0.335. The Morgan fingerprint density at radius 3 is 2.27 bits per heavy atom. The fourth-order valence-electron chi connectivity index (χ4n) is 2.48. The standard InChI is InChI=1S/C19H21N3O3S/c1-14-5-6-15(2)18(11-14)22(4)19(23)13-21(3)26(24,25)17-9-7-16(12-20)8-10-17/h5-11H,13H2,1-4H3. The van der Waals surface area contributed by atoms with Crippen LogP contribution in [0, 0.1) is 25.2 Å². The van der Waals surface area contributed by atoms with E-state index in [2.05, 4.69) is 0 Å². The second-order valence-corrected chi connectivity index (χ2v) is 8.18. The second kappa shape index (κ2) is 7.68. The topological polar surface area (TPSA) is 81.5 Å². The number of aryl methyl sites for hydroxylation is 2. The molecule has 0 saturated heterocycles. The molecule has 2 rings (SSSR count). The number of rotatable bonds is 5. The first-order valence-electron chi connectivity index (χ1n) is 7.97. The van der Waals surface area contributed by atoms with Crippen molar-refractivity contribution in [1.29, 1.82) is 5.26 Å². The van der Waals surface area contributed by atoms with E-state index in [4.69, 9.17) is 5.26 Å². The van der Waals surface area contributed by atoms with E-state index in [1.54, 1.807) is 7.05 Å². The normalized spacial score (nSPS) is 11.2. The molecular weight excluding hydrogens is 350 g/mol. The highest BCUT2D eigenvalue weighted by atomic mass is 32.2. The number of carbonyl (C=O) groups is 1. The van der Waals surface area contributed by atoms with Crippen molar-refractivity contribution < 1.29 is 13.2 Å². The van der Waals surface area contributed by atoms with Crippen LogP contribution >= 0.6 is 0 Å². The smallest absolute Gasteiger partial charge is 0.243 e. The number of nitrogens with zero attached hydrogens (tertiary/aromatic N) is 3. The van der Waals surface area contributed by atoms with Crippen molar-refractivity contribution in [1.82, 2.24) is 4.31 Å². The Morgan fingerprint density at radius 1 is 1.08 bits per heavy atom. The van der Waals surface area contributed by atoms with Crippen molar-refractivity contribution in [3.63, 3.8) is 0 Å². The van der Waals surface area contributed by atoms with E-state index in [-0.39, 0.29) is 17.3 Å². The highest BCUT2D eigenvalue weighted by molar-refractivity contribution is 7.89. The Balaban J connectivity index is 2.19. The predicted molar refractivity (Wildman–Crippen MR) is 100 cm³/mol. The van der Waals surface area contributed by atoms with E-state index in [1.807, 2.05) is 38.1 Å². The molecule has 136 valence electrons. The van der Waals surface area contributed by atoms with Crippen molar-refractivity contribution in [2.24, 2.45) is 0 Å². The number of carbonyl (C=O) groups excluding carboxylic acids is 1. The lowest BCUT2D eigenvalue weighted by molar-refractivity contribution is -0.118. The van der Waals surface area contributed by atoms with Crippen LogP contribution in [0.4, 0.5) is 5.69 Å². The second-order valence-electron chi connectivity index (χ2n) is 6.14. The van der Waals surface area contributed by atoms with Crippen LogP contribution < -0.4 is 4.90 Å². The third-order valence-corrected chi connectivity index (χ3v) is 5.97. The van der Waals surface area contributed by atoms with Gasteiger partial charge in [0.1, 0.15) is 0 Å². The van der Waals surface area contributed by atoms with Gasteiger partial charge in [-0.15, -0.1) is 0 Å². The first-order chi connectivity index (χ1) is 12.2. The third kappa shape index (κ3) is 4.10. The zero-order valence-electron chi connectivity index (χ0n) is 15.2. The molecule has 0 aliphatic heterocycles. The summed E-state index contributed by atoms with van der Waals surface area (Å²) < 4.78 is 26.3. The van der Waals surface area contributed by atoms with Crippen LogP contribution in [0.5, 0.6) is 0 Å². The Labute approximate surface area is 154 Å². The molecule has 0 unspecified atom stereocenters. The van der Waals surface area contributed by atoms with Crippen molar-refractivity contribution in [2.45, 2.75) is 18.7 Å². The van der Waals surface area contributed by atoms with E-state index in [9.17, 15) is 13.2 Å². The predicted octanol–water partition coefficient (Wildman–Crippen LogP) is 2.46. The van der Waals surface area contributed by atoms with Gasteiger partial charge >= 0.3 is 0 Å². The molecule has 0 spiro atoms. The van der Waals surface area contributed by atoms with Crippen LogP contribution in [-0.4, -0.2) is 39.3 Å². The Bertz CT molecular complexity index is 961. The SMILES string of the molecule is Cc1ccc(C)c(N(C)C(=O)CN(C)S(=O)(=O)c2ccc(C#N)cc2)c1. The number of hydrogen-bond donors (Lipinski definition) is 0. The van der Waals surface area contributed by atoms with Gasteiger partial charge in [0.2, 0.25) is 15.9 Å². The lowest BCUT2D eigenvalue weighted by Gasteiger charge is -2.23. The van der Waals surface area contributed by atoms with Gasteiger partial charge in [-0.1, -0.05) is 12.1 Å². The molecule has 1 amide bonds. The lowest BCUT2D eigenvalue weighted by atomic mass is 10.1. The molecule has 0 N–H and O–H groups in total. The van der Waals surface area contributed by atoms with Crippen molar-refractivity contribution in [2.75, 3.05) is 25.5 Å². The average Bonchev–Trinajstić information content (AvgIpc) is 2.62. The van der Waals surface area contributed by atoms with Crippen LogP contribution in [0.2, 0.25) is 0 Å². The van der Waals surface area contributed by atoms with Gasteiger partial charge in [-0.2, -0.15) is 9.57 Å². The maximum absolute atomic E-state index is 12.6. The fourth-order valence-corrected chi connectivity index (χ4v) is 3.60. The number of hydrogen-bond acceptors (Lipinski definition) is 4. The highest BCUT2D eigenvalue weighted by Gasteiger charge is 2.25. The van der Waals surface area contributed by atoms with Gasteiger partial charge in [0.25, 0.3) is 0 Å². The molecule has 0 atom stereocenters. The quantitative estimate of drug-likeness (QED) is 0.808. The summed E-state index contributed by atoms with van der Waals surface area (Å²) in [5, 5.41) is 8.81. The maximum atomic E-state index is 12.6. The monoisotopic (exact) mass is 371 g/mol. The number of likely N-dealkylation sites (N-methyl/N-ethyl adjacent to an activating group) is 2. The number of anilines is 1. The summed E-state index contributed by atoms with van der Waals surface area (Å²) in [6.45, 7) is 3.55. The van der Waals surface area contributed by atoms with E-state index < -0.39 is 10.0 Å². The number of amides is 1. The van der Waals surface area contributed by atoms with Gasteiger partial charge in [-0.05, 0) is 55.3 Å². The highest BCUT2D eigenvalue weighted by Crippen LogP contribution is 2.21. The van der Waals surface area contributed by atoms with Crippen LogP contribution in [0.3, 0.4) is 0 Å². The van der Waals surface area contributed by atoms with Gasteiger partial charge < -0.3 is 4.90 Å². The third-order valence-electron chi connectivity index (χ3n) is 4.15. The van der Waals surface area contributed by atoms with Crippen LogP contribution in [-0.2, 0) is 14.8 Å². The minimum atomic E-state index is -3.82. The minimum Gasteiger partial charge on any atom is -0.314 e. The molecule has 0 radical (unpaired) electrons. The molecule has 0 fully saturated rings. The molecule has 0 aliphatic carbocycles. The van der Waals surface area contributed by atoms with Gasteiger partial charge in [-0.3, -0.25) is 4.79 Å². The molecular formula is C19H21N3O3S. The Hall–Kier alpha value is -2.69. The largest absolute Gasteiger partial charge is 0.314 e. The summed E-state index contributed by atoms with van der Waals surface area (Å²) in [4.78, 5) is 14.1. The molecule has 7 heteroatoms. The first-order valence-corrected chi connectivity index (χ1v) is 9.41. The first kappa shape index (κ1) is 19.6. The van der Waals surface area contributed by atoms with E-state index in [1.165, 1.54) is 36.2 Å². The summed E-state index contributed by atoms with van der Waals surface area (Å²) >= 11 is 0. The molecule has 6 nitrogen and oxygen atoms in total. The average molecular weight is 371 g/mol. The molecule has 0 aliphatic rings. The molecule has 0 bridgehead atoms. The van der Waals surface area contributed by atoms with Gasteiger partial charge in [0.15, 0.2) is 0 Å². The summed E-state index contributed by atoms with van der Waals surface area (Å²) in [6, 6.07) is 13.3. The number of benzene rings is 2. The Morgan fingerprint density at radius 2 is 1.69 bits per heavy atom. The Kier molecular flexibility index (Phi) is 5.80. The van der Waals surface area contributed by atoms with Crippen molar-refractivity contribution in [3.05, 3.63) is 59.2 Å². The number of nitriles is 1. The molecule has 0 saturated carbocycles.